The first-order valence-electron chi connectivity index (χ1n) is 6.18. The SMILES string of the molecule is C=CCNC(=O)Nc1sc(C(C)(C)C)cc1C(=O)OC. The minimum absolute atomic E-state index is 0.106. The number of amides is 2. The van der Waals surface area contributed by atoms with Gasteiger partial charge in [-0.25, -0.2) is 9.59 Å². The number of carbonyl (C=O) groups excluding carboxylic acids is 2. The number of methoxy groups -OCH3 is 1. The van der Waals surface area contributed by atoms with E-state index in [9.17, 15) is 9.59 Å². The summed E-state index contributed by atoms with van der Waals surface area (Å²) in [6.45, 7) is 10.0. The van der Waals surface area contributed by atoms with Crippen molar-refractivity contribution in [3.8, 4) is 0 Å². The van der Waals surface area contributed by atoms with E-state index in [1.807, 2.05) is 20.8 Å². The number of thiophene rings is 1. The number of esters is 1. The van der Waals surface area contributed by atoms with Crippen LogP contribution in [0, 0.1) is 0 Å². The third-order valence-corrected chi connectivity index (χ3v) is 3.99. The molecule has 0 radical (unpaired) electrons. The maximum atomic E-state index is 11.8. The Hall–Kier alpha value is -1.82. The van der Waals surface area contributed by atoms with Crippen LogP contribution in [0.2, 0.25) is 0 Å². The van der Waals surface area contributed by atoms with Gasteiger partial charge in [-0.05, 0) is 11.5 Å². The Morgan fingerprint density at radius 2 is 2.10 bits per heavy atom. The van der Waals surface area contributed by atoms with E-state index in [4.69, 9.17) is 4.74 Å². The molecule has 0 spiro atoms. The minimum atomic E-state index is -0.462. The molecular weight excluding hydrogens is 276 g/mol. The van der Waals surface area contributed by atoms with Crippen LogP contribution in [0.4, 0.5) is 9.80 Å². The molecular formula is C14H20N2O3S. The van der Waals surface area contributed by atoms with Crippen LogP contribution in [0.3, 0.4) is 0 Å². The summed E-state index contributed by atoms with van der Waals surface area (Å²) >= 11 is 1.37. The molecule has 0 atom stereocenters. The van der Waals surface area contributed by atoms with Crippen molar-refractivity contribution in [3.05, 3.63) is 29.2 Å². The molecule has 110 valence electrons. The number of anilines is 1. The molecule has 1 heterocycles. The summed E-state index contributed by atoms with van der Waals surface area (Å²) in [6, 6.07) is 1.39. The molecule has 0 aliphatic carbocycles. The molecule has 0 fully saturated rings. The Bertz CT molecular complexity index is 515. The zero-order chi connectivity index (χ0) is 15.3. The largest absolute Gasteiger partial charge is 0.465 e. The fraction of sp³-hybridized carbons (Fsp3) is 0.429. The average molecular weight is 296 g/mol. The highest BCUT2D eigenvalue weighted by Crippen LogP contribution is 2.36. The molecule has 0 saturated carbocycles. The van der Waals surface area contributed by atoms with Crippen LogP contribution in [-0.4, -0.2) is 25.7 Å². The highest BCUT2D eigenvalue weighted by atomic mass is 32.1. The molecule has 2 N–H and O–H groups in total. The molecule has 0 aliphatic heterocycles. The fourth-order valence-electron chi connectivity index (χ4n) is 1.43. The molecule has 0 aliphatic rings. The first kappa shape index (κ1) is 16.2. The molecule has 20 heavy (non-hydrogen) atoms. The van der Waals surface area contributed by atoms with Gasteiger partial charge in [0, 0.05) is 11.4 Å². The second kappa shape index (κ2) is 6.56. The lowest BCUT2D eigenvalue weighted by atomic mass is 9.94. The van der Waals surface area contributed by atoms with E-state index in [1.165, 1.54) is 18.4 Å². The highest BCUT2D eigenvalue weighted by Gasteiger charge is 2.24. The van der Waals surface area contributed by atoms with Gasteiger partial charge in [0.25, 0.3) is 0 Å². The van der Waals surface area contributed by atoms with Crippen molar-refractivity contribution in [3.63, 3.8) is 0 Å². The molecule has 2 amide bonds. The van der Waals surface area contributed by atoms with E-state index < -0.39 is 5.97 Å². The maximum Gasteiger partial charge on any atom is 0.340 e. The lowest BCUT2D eigenvalue weighted by Gasteiger charge is -2.15. The van der Waals surface area contributed by atoms with E-state index >= 15 is 0 Å². The summed E-state index contributed by atoms with van der Waals surface area (Å²) in [6.07, 6.45) is 1.58. The number of ether oxygens (including phenoxy) is 1. The van der Waals surface area contributed by atoms with Crippen molar-refractivity contribution >= 4 is 28.3 Å². The molecule has 0 aromatic carbocycles. The smallest absolute Gasteiger partial charge is 0.340 e. The fourth-order valence-corrected chi connectivity index (χ4v) is 2.53. The molecule has 0 saturated heterocycles. The van der Waals surface area contributed by atoms with Gasteiger partial charge in [0.05, 0.1) is 12.7 Å². The average Bonchev–Trinajstić information content (AvgIpc) is 2.79. The minimum Gasteiger partial charge on any atom is -0.465 e. The quantitative estimate of drug-likeness (QED) is 0.662. The van der Waals surface area contributed by atoms with Crippen molar-refractivity contribution < 1.29 is 14.3 Å². The summed E-state index contributed by atoms with van der Waals surface area (Å²) in [5.41, 5.74) is 0.265. The number of urea groups is 1. The molecule has 1 aromatic rings. The van der Waals surface area contributed by atoms with Crippen LogP contribution in [0.5, 0.6) is 0 Å². The number of rotatable bonds is 4. The summed E-state index contributed by atoms with van der Waals surface area (Å²) in [4.78, 5) is 24.4. The van der Waals surface area contributed by atoms with E-state index in [2.05, 4.69) is 17.2 Å². The molecule has 0 unspecified atom stereocenters. The molecule has 1 rings (SSSR count). The molecule has 6 heteroatoms. The van der Waals surface area contributed by atoms with Crippen LogP contribution >= 0.6 is 11.3 Å². The van der Waals surface area contributed by atoms with Gasteiger partial charge in [-0.2, -0.15) is 0 Å². The number of carbonyl (C=O) groups is 2. The monoisotopic (exact) mass is 296 g/mol. The Labute approximate surface area is 123 Å². The summed E-state index contributed by atoms with van der Waals surface area (Å²) in [5, 5.41) is 5.76. The topological polar surface area (TPSA) is 67.4 Å². The lowest BCUT2D eigenvalue weighted by molar-refractivity contribution is 0.0602. The second-order valence-corrected chi connectivity index (χ2v) is 6.27. The lowest BCUT2D eigenvalue weighted by Crippen LogP contribution is -2.28. The molecule has 5 nitrogen and oxygen atoms in total. The van der Waals surface area contributed by atoms with Crippen LogP contribution < -0.4 is 10.6 Å². The van der Waals surface area contributed by atoms with Crippen molar-refractivity contribution in [1.29, 1.82) is 0 Å². The third-order valence-electron chi connectivity index (χ3n) is 2.51. The Balaban J connectivity index is 3.03. The Morgan fingerprint density at radius 3 is 2.60 bits per heavy atom. The van der Waals surface area contributed by atoms with Crippen LogP contribution in [0.15, 0.2) is 18.7 Å². The summed E-state index contributed by atoms with van der Waals surface area (Å²) in [5.74, 6) is -0.462. The van der Waals surface area contributed by atoms with Crippen LogP contribution in [0.25, 0.3) is 0 Å². The molecule has 0 bridgehead atoms. The van der Waals surface area contributed by atoms with Gasteiger partial charge in [0.15, 0.2) is 0 Å². The normalized spacial score (nSPS) is 10.8. The first-order valence-corrected chi connectivity index (χ1v) is 6.99. The maximum absolute atomic E-state index is 11.8. The summed E-state index contributed by atoms with van der Waals surface area (Å²) in [7, 11) is 1.32. The highest BCUT2D eigenvalue weighted by molar-refractivity contribution is 7.16. The van der Waals surface area contributed by atoms with Gasteiger partial charge in [-0.1, -0.05) is 26.8 Å². The standard InChI is InChI=1S/C14H20N2O3S/c1-6-7-15-13(18)16-11-9(12(17)19-5)8-10(20-11)14(2,3)4/h6,8H,1,7H2,2-5H3,(H2,15,16,18). The number of nitrogens with one attached hydrogen (secondary N) is 2. The zero-order valence-corrected chi connectivity index (χ0v) is 13.0. The number of hydrogen-bond donors (Lipinski definition) is 2. The summed E-state index contributed by atoms with van der Waals surface area (Å²) < 4.78 is 4.75. The Kier molecular flexibility index (Phi) is 5.33. The van der Waals surface area contributed by atoms with Crippen molar-refractivity contribution in [1.82, 2.24) is 5.32 Å². The van der Waals surface area contributed by atoms with Crippen molar-refractivity contribution in [2.45, 2.75) is 26.2 Å². The van der Waals surface area contributed by atoms with Crippen LogP contribution in [-0.2, 0) is 10.2 Å². The zero-order valence-electron chi connectivity index (χ0n) is 12.2. The van der Waals surface area contributed by atoms with Gasteiger partial charge >= 0.3 is 12.0 Å². The van der Waals surface area contributed by atoms with Gasteiger partial charge < -0.3 is 10.1 Å². The van der Waals surface area contributed by atoms with Gasteiger partial charge in [0.1, 0.15) is 5.00 Å². The van der Waals surface area contributed by atoms with E-state index in [1.54, 1.807) is 12.1 Å². The third kappa shape index (κ3) is 4.09. The van der Waals surface area contributed by atoms with E-state index in [0.717, 1.165) is 4.88 Å². The van der Waals surface area contributed by atoms with Gasteiger partial charge in [0.2, 0.25) is 0 Å². The number of hydrogen-bond acceptors (Lipinski definition) is 4. The predicted molar refractivity (Wildman–Crippen MR) is 81.6 cm³/mol. The Morgan fingerprint density at radius 1 is 1.45 bits per heavy atom. The molecule has 1 aromatic heterocycles. The van der Waals surface area contributed by atoms with Crippen LogP contribution in [0.1, 0.15) is 36.0 Å². The second-order valence-electron chi connectivity index (χ2n) is 5.22. The van der Waals surface area contributed by atoms with E-state index in [-0.39, 0.29) is 11.4 Å². The first-order chi connectivity index (χ1) is 9.29. The van der Waals surface area contributed by atoms with E-state index in [0.29, 0.717) is 17.1 Å². The predicted octanol–water partition coefficient (Wildman–Crippen LogP) is 3.14. The van der Waals surface area contributed by atoms with Crippen molar-refractivity contribution in [2.75, 3.05) is 19.0 Å². The van der Waals surface area contributed by atoms with Gasteiger partial charge in [-0.3, -0.25) is 5.32 Å². The van der Waals surface area contributed by atoms with Gasteiger partial charge in [-0.15, -0.1) is 17.9 Å². The van der Waals surface area contributed by atoms with Crippen molar-refractivity contribution in [2.24, 2.45) is 0 Å².